The number of aryl methyl sites for hydroxylation is 1. The quantitative estimate of drug-likeness (QED) is 0.772. The van der Waals surface area contributed by atoms with E-state index in [0.717, 1.165) is 24.8 Å². The number of aromatic nitrogens is 3. The summed E-state index contributed by atoms with van der Waals surface area (Å²) in [7, 11) is 0. The SMILES string of the molecule is CCn1cnnc1CNC(C)CCC(C)C. The molecule has 0 spiro atoms. The van der Waals surface area contributed by atoms with Gasteiger partial charge in [0, 0.05) is 12.6 Å². The second-order valence-corrected chi connectivity index (χ2v) is 4.79. The molecule has 1 unspecified atom stereocenters. The molecular formula is C12H24N4. The second kappa shape index (κ2) is 6.63. The molecule has 0 aliphatic carbocycles. The third-order valence-electron chi connectivity index (χ3n) is 2.82. The first-order chi connectivity index (χ1) is 7.63. The highest BCUT2D eigenvalue weighted by molar-refractivity contribution is 4.85. The normalized spacial score (nSPS) is 13.3. The number of nitrogens with one attached hydrogen (secondary N) is 1. The Morgan fingerprint density at radius 3 is 2.69 bits per heavy atom. The van der Waals surface area contributed by atoms with Crippen LogP contribution < -0.4 is 5.32 Å². The average Bonchev–Trinajstić information content (AvgIpc) is 2.70. The van der Waals surface area contributed by atoms with E-state index in [-0.39, 0.29) is 0 Å². The van der Waals surface area contributed by atoms with Crippen LogP contribution in [0.4, 0.5) is 0 Å². The lowest BCUT2D eigenvalue weighted by atomic mass is 10.0. The highest BCUT2D eigenvalue weighted by Crippen LogP contribution is 2.06. The van der Waals surface area contributed by atoms with Gasteiger partial charge in [0.2, 0.25) is 0 Å². The first-order valence-electron chi connectivity index (χ1n) is 6.23. The molecule has 0 amide bonds. The Hall–Kier alpha value is -0.900. The fourth-order valence-electron chi connectivity index (χ4n) is 1.63. The van der Waals surface area contributed by atoms with Crippen molar-refractivity contribution in [2.75, 3.05) is 0 Å². The van der Waals surface area contributed by atoms with E-state index in [4.69, 9.17) is 0 Å². The maximum atomic E-state index is 4.10. The molecule has 4 heteroatoms. The molecule has 0 saturated heterocycles. The summed E-state index contributed by atoms with van der Waals surface area (Å²) < 4.78 is 2.07. The van der Waals surface area contributed by atoms with Crippen LogP contribution in [0.2, 0.25) is 0 Å². The van der Waals surface area contributed by atoms with E-state index in [1.807, 2.05) is 0 Å². The van der Waals surface area contributed by atoms with Crippen molar-refractivity contribution in [2.45, 2.75) is 59.7 Å². The van der Waals surface area contributed by atoms with E-state index in [1.54, 1.807) is 6.33 Å². The minimum Gasteiger partial charge on any atom is -0.317 e. The van der Waals surface area contributed by atoms with Gasteiger partial charge in [-0.3, -0.25) is 0 Å². The van der Waals surface area contributed by atoms with Crippen molar-refractivity contribution in [3.05, 3.63) is 12.2 Å². The summed E-state index contributed by atoms with van der Waals surface area (Å²) in [5, 5.41) is 11.5. The van der Waals surface area contributed by atoms with Crippen molar-refractivity contribution < 1.29 is 0 Å². The van der Waals surface area contributed by atoms with Crippen LogP contribution >= 0.6 is 0 Å². The number of hydrogen-bond acceptors (Lipinski definition) is 3. The summed E-state index contributed by atoms with van der Waals surface area (Å²) in [6, 6.07) is 0.546. The molecule has 0 aliphatic rings. The number of rotatable bonds is 7. The molecule has 1 aromatic heterocycles. The van der Waals surface area contributed by atoms with E-state index < -0.39 is 0 Å². The van der Waals surface area contributed by atoms with E-state index in [0.29, 0.717) is 6.04 Å². The molecule has 0 aromatic carbocycles. The summed E-state index contributed by atoms with van der Waals surface area (Å²) in [6.45, 7) is 10.6. The van der Waals surface area contributed by atoms with E-state index in [2.05, 4.69) is 47.8 Å². The van der Waals surface area contributed by atoms with Crippen molar-refractivity contribution in [1.82, 2.24) is 20.1 Å². The fourth-order valence-corrected chi connectivity index (χ4v) is 1.63. The van der Waals surface area contributed by atoms with Crippen LogP contribution in [0.15, 0.2) is 6.33 Å². The molecule has 16 heavy (non-hydrogen) atoms. The molecule has 1 aromatic rings. The molecule has 4 nitrogen and oxygen atoms in total. The van der Waals surface area contributed by atoms with Crippen LogP contribution in [0, 0.1) is 5.92 Å². The zero-order valence-electron chi connectivity index (χ0n) is 10.9. The molecule has 0 radical (unpaired) electrons. The van der Waals surface area contributed by atoms with Crippen molar-refractivity contribution >= 4 is 0 Å². The first-order valence-corrected chi connectivity index (χ1v) is 6.23. The van der Waals surface area contributed by atoms with Crippen molar-refractivity contribution in [1.29, 1.82) is 0 Å². The topological polar surface area (TPSA) is 42.7 Å². The maximum absolute atomic E-state index is 4.10. The van der Waals surface area contributed by atoms with Gasteiger partial charge in [-0.15, -0.1) is 10.2 Å². The molecule has 1 rings (SSSR count). The Morgan fingerprint density at radius 1 is 1.31 bits per heavy atom. The molecule has 92 valence electrons. The van der Waals surface area contributed by atoms with Gasteiger partial charge in [-0.05, 0) is 32.6 Å². The number of hydrogen-bond donors (Lipinski definition) is 1. The fraction of sp³-hybridized carbons (Fsp3) is 0.833. The second-order valence-electron chi connectivity index (χ2n) is 4.79. The molecule has 1 atom stereocenters. The molecule has 0 saturated carbocycles. The van der Waals surface area contributed by atoms with Crippen LogP contribution in [-0.2, 0) is 13.1 Å². The van der Waals surface area contributed by atoms with Crippen LogP contribution in [0.5, 0.6) is 0 Å². The van der Waals surface area contributed by atoms with Crippen molar-refractivity contribution in [3.63, 3.8) is 0 Å². The smallest absolute Gasteiger partial charge is 0.146 e. The Labute approximate surface area is 98.5 Å². The predicted octanol–water partition coefficient (Wildman–Crippen LogP) is 2.21. The predicted molar refractivity (Wildman–Crippen MR) is 66.1 cm³/mol. The summed E-state index contributed by atoms with van der Waals surface area (Å²) in [5.74, 6) is 1.81. The maximum Gasteiger partial charge on any atom is 0.146 e. The highest BCUT2D eigenvalue weighted by Gasteiger charge is 2.06. The minimum atomic E-state index is 0.546. The standard InChI is InChI=1S/C12H24N4/c1-5-16-9-14-15-12(16)8-13-11(4)7-6-10(2)3/h9-11,13H,5-8H2,1-4H3. The Balaban J connectivity index is 2.28. The highest BCUT2D eigenvalue weighted by atomic mass is 15.3. The summed E-state index contributed by atoms with van der Waals surface area (Å²) in [5.41, 5.74) is 0. The summed E-state index contributed by atoms with van der Waals surface area (Å²) in [4.78, 5) is 0. The van der Waals surface area contributed by atoms with Gasteiger partial charge in [0.05, 0.1) is 6.54 Å². The van der Waals surface area contributed by atoms with E-state index >= 15 is 0 Å². The lowest BCUT2D eigenvalue weighted by Gasteiger charge is -2.14. The lowest BCUT2D eigenvalue weighted by Crippen LogP contribution is -2.27. The summed E-state index contributed by atoms with van der Waals surface area (Å²) in [6.07, 6.45) is 4.28. The van der Waals surface area contributed by atoms with Crippen LogP contribution in [0.3, 0.4) is 0 Å². The molecular weight excluding hydrogens is 200 g/mol. The Kier molecular flexibility index (Phi) is 5.46. The third-order valence-corrected chi connectivity index (χ3v) is 2.82. The molecule has 0 aliphatic heterocycles. The van der Waals surface area contributed by atoms with Gasteiger partial charge in [0.25, 0.3) is 0 Å². The molecule has 1 N–H and O–H groups in total. The minimum absolute atomic E-state index is 0.546. The largest absolute Gasteiger partial charge is 0.317 e. The Bertz CT molecular complexity index is 293. The van der Waals surface area contributed by atoms with Crippen LogP contribution in [-0.4, -0.2) is 20.8 Å². The number of nitrogens with zero attached hydrogens (tertiary/aromatic N) is 3. The van der Waals surface area contributed by atoms with E-state index in [1.165, 1.54) is 12.8 Å². The van der Waals surface area contributed by atoms with Gasteiger partial charge in [-0.25, -0.2) is 0 Å². The monoisotopic (exact) mass is 224 g/mol. The lowest BCUT2D eigenvalue weighted by molar-refractivity contribution is 0.442. The molecule has 0 bridgehead atoms. The van der Waals surface area contributed by atoms with Crippen molar-refractivity contribution in [3.8, 4) is 0 Å². The van der Waals surface area contributed by atoms with Gasteiger partial charge < -0.3 is 9.88 Å². The molecule has 0 fully saturated rings. The Morgan fingerprint density at radius 2 is 2.06 bits per heavy atom. The summed E-state index contributed by atoms with van der Waals surface area (Å²) >= 11 is 0. The van der Waals surface area contributed by atoms with Gasteiger partial charge in [0.15, 0.2) is 0 Å². The van der Waals surface area contributed by atoms with Crippen LogP contribution in [0.1, 0.15) is 46.4 Å². The van der Waals surface area contributed by atoms with Gasteiger partial charge in [0.1, 0.15) is 12.2 Å². The van der Waals surface area contributed by atoms with Gasteiger partial charge in [-0.2, -0.15) is 0 Å². The van der Waals surface area contributed by atoms with E-state index in [9.17, 15) is 0 Å². The molecule has 1 heterocycles. The first kappa shape index (κ1) is 13.2. The van der Waals surface area contributed by atoms with Gasteiger partial charge >= 0.3 is 0 Å². The average molecular weight is 224 g/mol. The zero-order valence-corrected chi connectivity index (χ0v) is 10.9. The van der Waals surface area contributed by atoms with Crippen LogP contribution in [0.25, 0.3) is 0 Å². The zero-order chi connectivity index (χ0) is 12.0. The van der Waals surface area contributed by atoms with Crippen molar-refractivity contribution in [2.24, 2.45) is 5.92 Å². The third kappa shape index (κ3) is 4.31. The van der Waals surface area contributed by atoms with Gasteiger partial charge in [-0.1, -0.05) is 13.8 Å².